The number of fused-ring (bicyclic) bond motifs is 1. The van der Waals surface area contributed by atoms with Gasteiger partial charge in [-0.05, 0) is 43.3 Å². The van der Waals surface area contributed by atoms with Crippen LogP contribution in [-0.4, -0.2) is 51.8 Å². The van der Waals surface area contributed by atoms with Crippen molar-refractivity contribution < 1.29 is 23.1 Å². The zero-order chi connectivity index (χ0) is 23.5. The Morgan fingerprint density at radius 3 is 2.76 bits per heavy atom. The molecule has 1 saturated heterocycles. The van der Waals surface area contributed by atoms with Crippen LogP contribution < -0.4 is 5.56 Å². The van der Waals surface area contributed by atoms with E-state index >= 15 is 0 Å². The Labute approximate surface area is 196 Å². The molecule has 0 unspecified atom stereocenters. The van der Waals surface area contributed by atoms with Crippen molar-refractivity contribution in [1.82, 2.24) is 14.5 Å². The van der Waals surface area contributed by atoms with Crippen molar-refractivity contribution in [3.63, 3.8) is 0 Å². The predicted molar refractivity (Wildman–Crippen MR) is 122 cm³/mol. The molecule has 174 valence electrons. The first-order valence-corrected chi connectivity index (χ1v) is 12.3. The molecule has 11 heteroatoms. The number of piperidine rings is 1. The second-order valence-corrected chi connectivity index (χ2v) is 9.38. The minimum absolute atomic E-state index is 0.00408. The van der Waals surface area contributed by atoms with Crippen LogP contribution in [0.5, 0.6) is 0 Å². The van der Waals surface area contributed by atoms with Crippen molar-refractivity contribution in [2.45, 2.75) is 24.9 Å². The second-order valence-electron chi connectivity index (χ2n) is 7.52. The summed E-state index contributed by atoms with van der Waals surface area (Å²) < 4.78 is 34.3. The lowest BCUT2D eigenvalue weighted by Crippen LogP contribution is -2.43. The van der Waals surface area contributed by atoms with Crippen LogP contribution >= 0.6 is 23.1 Å². The lowest BCUT2D eigenvalue weighted by Gasteiger charge is -2.31. The molecule has 1 fully saturated rings. The lowest BCUT2D eigenvalue weighted by atomic mass is 9.98. The summed E-state index contributed by atoms with van der Waals surface area (Å²) in [5.74, 6) is -2.58. The number of halogens is 2. The van der Waals surface area contributed by atoms with Crippen LogP contribution in [0.1, 0.15) is 19.8 Å². The van der Waals surface area contributed by atoms with Gasteiger partial charge in [0.25, 0.3) is 5.56 Å². The van der Waals surface area contributed by atoms with E-state index in [-0.39, 0.29) is 47.5 Å². The maximum Gasteiger partial charge on any atom is 0.310 e. The molecule has 0 saturated carbocycles. The van der Waals surface area contributed by atoms with Gasteiger partial charge in [-0.25, -0.2) is 13.8 Å². The van der Waals surface area contributed by atoms with Gasteiger partial charge in [-0.1, -0.05) is 11.8 Å². The van der Waals surface area contributed by atoms with Gasteiger partial charge < -0.3 is 9.64 Å². The van der Waals surface area contributed by atoms with Gasteiger partial charge in [-0.15, -0.1) is 11.3 Å². The third-order valence-corrected chi connectivity index (χ3v) is 7.09. The number of nitrogens with zero attached hydrogens (tertiary/aromatic N) is 3. The summed E-state index contributed by atoms with van der Waals surface area (Å²) in [4.78, 5) is 44.1. The number of thiophene rings is 1. The highest BCUT2D eigenvalue weighted by Gasteiger charge is 2.29. The van der Waals surface area contributed by atoms with Crippen LogP contribution in [-0.2, 0) is 14.3 Å². The largest absolute Gasteiger partial charge is 0.466 e. The molecule has 33 heavy (non-hydrogen) atoms. The number of benzene rings is 1. The van der Waals surface area contributed by atoms with Crippen LogP contribution in [0.15, 0.2) is 39.6 Å². The van der Waals surface area contributed by atoms with Gasteiger partial charge in [-0.3, -0.25) is 19.0 Å². The summed E-state index contributed by atoms with van der Waals surface area (Å²) >= 11 is 2.19. The fraction of sp³-hybridized carbons (Fsp3) is 0.364. The van der Waals surface area contributed by atoms with Gasteiger partial charge in [0.15, 0.2) is 5.16 Å². The average Bonchev–Trinajstić information content (AvgIpc) is 3.26. The first-order valence-electron chi connectivity index (χ1n) is 10.4. The molecule has 3 aromatic rings. The maximum atomic E-state index is 13.9. The van der Waals surface area contributed by atoms with Crippen LogP contribution in [0, 0.1) is 17.6 Å². The third kappa shape index (κ3) is 5.09. The molecular formula is C22H21F2N3O4S2. The van der Waals surface area contributed by atoms with E-state index in [0.29, 0.717) is 29.6 Å². The first kappa shape index (κ1) is 23.4. The number of likely N-dealkylation sites (tertiary alicyclic amines) is 1. The van der Waals surface area contributed by atoms with E-state index in [1.807, 2.05) is 0 Å². The van der Waals surface area contributed by atoms with E-state index in [1.165, 1.54) is 11.3 Å². The Morgan fingerprint density at radius 2 is 2.03 bits per heavy atom. The zero-order valence-corrected chi connectivity index (χ0v) is 19.4. The first-order chi connectivity index (χ1) is 15.9. The fourth-order valence-corrected chi connectivity index (χ4v) is 5.43. The van der Waals surface area contributed by atoms with E-state index < -0.39 is 17.2 Å². The van der Waals surface area contributed by atoms with Gasteiger partial charge in [0, 0.05) is 19.2 Å². The Balaban J connectivity index is 1.59. The Morgan fingerprint density at radius 1 is 1.27 bits per heavy atom. The van der Waals surface area contributed by atoms with Gasteiger partial charge in [0.1, 0.15) is 16.3 Å². The molecular weight excluding hydrogens is 472 g/mol. The summed E-state index contributed by atoms with van der Waals surface area (Å²) in [6, 6.07) is 4.49. The van der Waals surface area contributed by atoms with Crippen LogP contribution in [0.4, 0.5) is 8.78 Å². The van der Waals surface area contributed by atoms with Crippen molar-refractivity contribution in [3.8, 4) is 5.69 Å². The molecule has 0 aliphatic carbocycles. The number of thioether (sulfide) groups is 1. The van der Waals surface area contributed by atoms with Gasteiger partial charge >= 0.3 is 5.97 Å². The molecule has 0 N–H and O–H groups in total. The molecule has 1 amide bonds. The molecule has 2 aromatic heterocycles. The Bertz CT molecular complexity index is 1240. The predicted octanol–water partition coefficient (Wildman–Crippen LogP) is 3.62. The summed E-state index contributed by atoms with van der Waals surface area (Å²) in [7, 11) is 0. The van der Waals surface area contributed by atoms with Crippen molar-refractivity contribution in [2.24, 2.45) is 5.92 Å². The molecule has 1 aliphatic heterocycles. The average molecular weight is 494 g/mol. The smallest absolute Gasteiger partial charge is 0.310 e. The SMILES string of the molecule is CCOC(=O)[C@H]1CCCN(C(=O)CSc2nc3ccsc3c(=O)n2-c2cc(F)cc(F)c2)C1. The maximum absolute atomic E-state index is 13.9. The van der Waals surface area contributed by atoms with E-state index in [9.17, 15) is 23.2 Å². The third-order valence-electron chi connectivity index (χ3n) is 5.27. The Kier molecular flexibility index (Phi) is 7.08. The molecule has 7 nitrogen and oxygen atoms in total. The summed E-state index contributed by atoms with van der Waals surface area (Å²) in [5.41, 5.74) is -0.0145. The monoisotopic (exact) mass is 493 g/mol. The second kappa shape index (κ2) is 10.0. The number of hydrogen-bond donors (Lipinski definition) is 0. The number of rotatable bonds is 6. The van der Waals surface area contributed by atoms with Crippen molar-refractivity contribution >= 4 is 45.2 Å². The fourth-order valence-electron chi connectivity index (χ4n) is 3.76. The van der Waals surface area contributed by atoms with Crippen molar-refractivity contribution in [3.05, 3.63) is 51.6 Å². The molecule has 0 spiro atoms. The molecule has 1 aliphatic rings. The molecule has 3 heterocycles. The summed E-state index contributed by atoms with van der Waals surface area (Å²) in [6.45, 7) is 2.82. The van der Waals surface area contributed by atoms with E-state index in [2.05, 4.69) is 4.98 Å². The number of aromatic nitrogens is 2. The lowest BCUT2D eigenvalue weighted by molar-refractivity contribution is -0.151. The molecule has 1 atom stereocenters. The number of amides is 1. The van der Waals surface area contributed by atoms with E-state index in [4.69, 9.17) is 4.74 Å². The topological polar surface area (TPSA) is 81.5 Å². The quantitative estimate of drug-likeness (QED) is 0.296. The zero-order valence-electron chi connectivity index (χ0n) is 17.8. The number of carbonyl (C=O) groups excluding carboxylic acids is 2. The molecule has 4 rings (SSSR count). The Hall–Kier alpha value is -2.79. The summed E-state index contributed by atoms with van der Waals surface area (Å²) in [6.07, 6.45) is 1.35. The van der Waals surface area contributed by atoms with Crippen LogP contribution in [0.25, 0.3) is 15.9 Å². The van der Waals surface area contributed by atoms with E-state index in [1.54, 1.807) is 23.3 Å². The minimum Gasteiger partial charge on any atom is -0.466 e. The van der Waals surface area contributed by atoms with Gasteiger partial charge in [-0.2, -0.15) is 0 Å². The van der Waals surface area contributed by atoms with Gasteiger partial charge in [0.05, 0.1) is 29.5 Å². The molecule has 0 bridgehead atoms. The highest BCUT2D eigenvalue weighted by Crippen LogP contribution is 2.26. The normalized spacial score (nSPS) is 16.2. The standard InChI is InChI=1S/C22H21F2N3O4S2/c1-2-31-21(30)13-4-3-6-26(11-13)18(28)12-33-22-25-17-5-7-32-19(17)20(29)27(22)16-9-14(23)8-15(24)10-16/h5,7-10,13H,2-4,6,11-12H2,1H3/t13-/m0/s1. The minimum atomic E-state index is -0.825. The summed E-state index contributed by atoms with van der Waals surface area (Å²) in [5, 5.41) is 1.86. The highest BCUT2D eigenvalue weighted by molar-refractivity contribution is 7.99. The number of ether oxygens (including phenoxy) is 1. The van der Waals surface area contributed by atoms with E-state index in [0.717, 1.165) is 34.5 Å². The van der Waals surface area contributed by atoms with Crippen LogP contribution in [0.3, 0.4) is 0 Å². The van der Waals surface area contributed by atoms with Crippen molar-refractivity contribution in [1.29, 1.82) is 0 Å². The number of carbonyl (C=O) groups is 2. The van der Waals surface area contributed by atoms with Crippen LogP contribution in [0.2, 0.25) is 0 Å². The van der Waals surface area contributed by atoms with Crippen molar-refractivity contribution in [2.75, 3.05) is 25.4 Å². The number of hydrogen-bond acceptors (Lipinski definition) is 7. The molecule has 1 aromatic carbocycles. The number of esters is 1. The molecule has 0 radical (unpaired) electrons. The van der Waals surface area contributed by atoms with Gasteiger partial charge in [0.2, 0.25) is 5.91 Å². The highest BCUT2D eigenvalue weighted by atomic mass is 32.2.